The molecule has 2 fully saturated rings. The van der Waals surface area contributed by atoms with Gasteiger partial charge in [0.15, 0.2) is 5.84 Å². The van der Waals surface area contributed by atoms with Crippen molar-refractivity contribution in [2.75, 3.05) is 13.2 Å². The number of hydrogen-bond acceptors (Lipinski definition) is 4. The van der Waals surface area contributed by atoms with Gasteiger partial charge in [0.25, 0.3) is 0 Å². The van der Waals surface area contributed by atoms with Crippen molar-refractivity contribution in [3.8, 4) is 0 Å². The lowest BCUT2D eigenvalue weighted by Gasteiger charge is -2.25. The molecule has 6 heteroatoms. The third-order valence-corrected chi connectivity index (χ3v) is 3.34. The normalized spacial score (nSPS) is 25.1. The molecular formula is C10H17N3O3. The summed E-state index contributed by atoms with van der Waals surface area (Å²) >= 11 is 0. The first-order chi connectivity index (χ1) is 7.69. The van der Waals surface area contributed by atoms with Crippen molar-refractivity contribution < 1.29 is 14.7 Å². The minimum atomic E-state index is -0.743. The van der Waals surface area contributed by atoms with Crippen LogP contribution >= 0.6 is 0 Å². The Hall–Kier alpha value is -1.30. The molecule has 0 atom stereocenters. The summed E-state index contributed by atoms with van der Waals surface area (Å²) in [5, 5.41) is 14.5. The third-order valence-electron chi connectivity index (χ3n) is 3.34. The van der Waals surface area contributed by atoms with Gasteiger partial charge in [0.2, 0.25) is 5.91 Å². The lowest BCUT2D eigenvalue weighted by Crippen LogP contribution is -2.46. The summed E-state index contributed by atoms with van der Waals surface area (Å²) < 4.78 is 5.21. The zero-order chi connectivity index (χ0) is 11.6. The van der Waals surface area contributed by atoms with Crippen LogP contribution in [0.25, 0.3) is 0 Å². The van der Waals surface area contributed by atoms with Crippen molar-refractivity contribution in [2.45, 2.75) is 31.7 Å². The Labute approximate surface area is 93.8 Å². The maximum Gasteiger partial charge on any atom is 0.234 e. The molecule has 1 aliphatic heterocycles. The Morgan fingerprint density at radius 2 is 2.06 bits per heavy atom. The van der Waals surface area contributed by atoms with E-state index in [1.54, 1.807) is 0 Å². The minimum Gasteiger partial charge on any atom is -0.409 e. The van der Waals surface area contributed by atoms with Crippen LogP contribution in [0.15, 0.2) is 5.16 Å². The van der Waals surface area contributed by atoms with E-state index >= 15 is 0 Å². The van der Waals surface area contributed by atoms with Crippen LogP contribution in [0.3, 0.4) is 0 Å². The molecule has 1 saturated heterocycles. The molecule has 4 N–H and O–H groups in total. The second kappa shape index (κ2) is 4.29. The standard InChI is InChI=1S/C10H17N3O3/c11-8(13-15)10(3-4-10)9(14)12-7-1-5-16-6-2-7/h7,15H,1-6H2,(H2,11,13)(H,12,14). The van der Waals surface area contributed by atoms with Gasteiger partial charge in [-0.2, -0.15) is 0 Å². The van der Waals surface area contributed by atoms with Crippen molar-refractivity contribution in [1.29, 1.82) is 0 Å². The fraction of sp³-hybridized carbons (Fsp3) is 0.800. The number of ether oxygens (including phenoxy) is 1. The molecule has 6 nitrogen and oxygen atoms in total. The molecule has 0 radical (unpaired) electrons. The molecule has 90 valence electrons. The zero-order valence-corrected chi connectivity index (χ0v) is 9.11. The first-order valence-electron chi connectivity index (χ1n) is 5.56. The average Bonchev–Trinajstić information content (AvgIpc) is 3.10. The number of carbonyl (C=O) groups excluding carboxylic acids is 1. The van der Waals surface area contributed by atoms with Gasteiger partial charge in [0, 0.05) is 19.3 Å². The van der Waals surface area contributed by atoms with Crippen molar-refractivity contribution in [2.24, 2.45) is 16.3 Å². The highest BCUT2D eigenvalue weighted by molar-refractivity contribution is 6.09. The van der Waals surface area contributed by atoms with Crippen LogP contribution in [-0.2, 0) is 9.53 Å². The number of amides is 1. The molecular weight excluding hydrogens is 210 g/mol. The maximum atomic E-state index is 12.0. The minimum absolute atomic E-state index is 0.0251. The van der Waals surface area contributed by atoms with Crippen LogP contribution in [0.1, 0.15) is 25.7 Å². The quantitative estimate of drug-likeness (QED) is 0.269. The van der Waals surface area contributed by atoms with Gasteiger partial charge in [-0.15, -0.1) is 0 Å². The van der Waals surface area contributed by atoms with Crippen molar-refractivity contribution in [3.05, 3.63) is 0 Å². The van der Waals surface area contributed by atoms with Crippen molar-refractivity contribution in [3.63, 3.8) is 0 Å². The summed E-state index contributed by atoms with van der Waals surface area (Å²) in [6, 6.07) is 0.158. The molecule has 16 heavy (non-hydrogen) atoms. The second-order valence-corrected chi connectivity index (χ2v) is 4.43. The van der Waals surface area contributed by atoms with E-state index in [9.17, 15) is 4.79 Å². The predicted molar refractivity (Wildman–Crippen MR) is 57.1 cm³/mol. The fourth-order valence-corrected chi connectivity index (χ4v) is 1.99. The predicted octanol–water partition coefficient (Wildman–Crippen LogP) is -0.192. The summed E-state index contributed by atoms with van der Waals surface area (Å²) in [6.07, 6.45) is 2.99. The van der Waals surface area contributed by atoms with Crippen LogP contribution in [0.5, 0.6) is 0 Å². The highest BCUT2D eigenvalue weighted by atomic mass is 16.5. The molecule has 1 amide bonds. The third kappa shape index (κ3) is 1.97. The molecule has 1 aliphatic carbocycles. The molecule has 0 aromatic rings. The lowest BCUT2D eigenvalue weighted by atomic mass is 10.0. The van der Waals surface area contributed by atoms with Crippen molar-refractivity contribution in [1.82, 2.24) is 5.32 Å². The summed E-state index contributed by atoms with van der Waals surface area (Å²) in [5.41, 5.74) is 4.79. The van der Waals surface area contributed by atoms with Gasteiger partial charge in [0.1, 0.15) is 5.41 Å². The van der Waals surface area contributed by atoms with Gasteiger partial charge >= 0.3 is 0 Å². The zero-order valence-electron chi connectivity index (χ0n) is 9.11. The number of nitrogens with zero attached hydrogens (tertiary/aromatic N) is 1. The Balaban J connectivity index is 1.92. The van der Waals surface area contributed by atoms with E-state index in [0.29, 0.717) is 26.1 Å². The van der Waals surface area contributed by atoms with Gasteiger partial charge < -0.3 is 21.0 Å². The van der Waals surface area contributed by atoms with E-state index in [0.717, 1.165) is 12.8 Å². The van der Waals surface area contributed by atoms with Crippen LogP contribution in [-0.4, -0.2) is 36.2 Å². The van der Waals surface area contributed by atoms with Crippen molar-refractivity contribution >= 4 is 11.7 Å². The monoisotopic (exact) mass is 227 g/mol. The lowest BCUT2D eigenvalue weighted by molar-refractivity contribution is -0.125. The Morgan fingerprint density at radius 1 is 1.44 bits per heavy atom. The topological polar surface area (TPSA) is 96.9 Å². The van der Waals surface area contributed by atoms with Gasteiger partial charge in [-0.3, -0.25) is 4.79 Å². The smallest absolute Gasteiger partial charge is 0.234 e. The summed E-state index contributed by atoms with van der Waals surface area (Å²) in [7, 11) is 0. The number of nitrogens with one attached hydrogen (secondary N) is 1. The van der Waals surface area contributed by atoms with E-state index in [1.807, 2.05) is 0 Å². The maximum absolute atomic E-state index is 12.0. The summed E-state index contributed by atoms with van der Waals surface area (Å²) in [6.45, 7) is 1.36. The number of oxime groups is 1. The first kappa shape index (κ1) is 11.2. The van der Waals surface area contributed by atoms with Crippen LogP contribution in [0, 0.1) is 5.41 Å². The average molecular weight is 227 g/mol. The molecule has 0 unspecified atom stereocenters. The van der Waals surface area contributed by atoms with Crippen LogP contribution < -0.4 is 11.1 Å². The van der Waals surface area contributed by atoms with Crippen LogP contribution in [0.2, 0.25) is 0 Å². The molecule has 0 aromatic carbocycles. The fourth-order valence-electron chi connectivity index (χ4n) is 1.99. The van der Waals surface area contributed by atoms with E-state index in [1.165, 1.54) is 0 Å². The molecule has 0 aromatic heterocycles. The molecule has 1 saturated carbocycles. The first-order valence-corrected chi connectivity index (χ1v) is 5.56. The van der Waals surface area contributed by atoms with E-state index in [-0.39, 0.29) is 17.8 Å². The number of nitrogens with two attached hydrogens (primary N) is 1. The van der Waals surface area contributed by atoms with Gasteiger partial charge in [-0.05, 0) is 25.7 Å². The van der Waals surface area contributed by atoms with Gasteiger partial charge in [-0.25, -0.2) is 0 Å². The molecule has 1 heterocycles. The van der Waals surface area contributed by atoms with Gasteiger partial charge in [0.05, 0.1) is 0 Å². The molecule has 0 spiro atoms. The van der Waals surface area contributed by atoms with Crippen LogP contribution in [0.4, 0.5) is 0 Å². The van der Waals surface area contributed by atoms with E-state index in [2.05, 4.69) is 10.5 Å². The number of amidine groups is 1. The molecule has 2 aliphatic rings. The molecule has 0 bridgehead atoms. The highest BCUT2D eigenvalue weighted by Gasteiger charge is 2.54. The Morgan fingerprint density at radius 3 is 2.56 bits per heavy atom. The molecule has 2 rings (SSSR count). The second-order valence-electron chi connectivity index (χ2n) is 4.43. The highest BCUT2D eigenvalue weighted by Crippen LogP contribution is 2.46. The summed E-state index contributed by atoms with van der Waals surface area (Å²) in [4.78, 5) is 12.0. The largest absolute Gasteiger partial charge is 0.409 e. The summed E-state index contributed by atoms with van der Waals surface area (Å²) in [5.74, 6) is -0.0910. The van der Waals surface area contributed by atoms with E-state index in [4.69, 9.17) is 15.7 Å². The Kier molecular flexibility index (Phi) is 3.00. The number of carbonyl (C=O) groups is 1. The number of rotatable bonds is 3. The Bertz CT molecular complexity index is 306. The van der Waals surface area contributed by atoms with E-state index < -0.39 is 5.41 Å². The number of hydrogen-bond donors (Lipinski definition) is 3. The van der Waals surface area contributed by atoms with Gasteiger partial charge in [-0.1, -0.05) is 5.16 Å². The SMILES string of the molecule is NC(=NO)C1(C(=O)NC2CCOCC2)CC1.